The molecule has 1 rings (SSSR count). The van der Waals surface area contributed by atoms with Gasteiger partial charge in [-0.15, -0.1) is 0 Å². The van der Waals surface area contributed by atoms with Crippen molar-refractivity contribution in [3.05, 3.63) is 36.5 Å². The summed E-state index contributed by atoms with van der Waals surface area (Å²) in [5.41, 5.74) is 0. The van der Waals surface area contributed by atoms with E-state index in [2.05, 4.69) is 55.6 Å². The average Bonchev–Trinajstić information content (AvgIpc) is 2.96. The van der Waals surface area contributed by atoms with E-state index in [4.69, 9.17) is 9.47 Å². The molecule has 0 saturated carbocycles. The maximum absolute atomic E-state index is 6.31. The van der Waals surface area contributed by atoms with Crippen molar-refractivity contribution >= 4 is 0 Å². The molecule has 3 heteroatoms. The predicted molar refractivity (Wildman–Crippen MR) is 172 cm³/mol. The fourth-order valence-corrected chi connectivity index (χ4v) is 5.28. The lowest BCUT2D eigenvalue weighted by atomic mass is 9.99. The van der Waals surface area contributed by atoms with Crippen molar-refractivity contribution in [3.8, 4) is 0 Å². The molecular formula is C36H67NO2. The Morgan fingerprint density at radius 2 is 1.13 bits per heavy atom. The van der Waals surface area contributed by atoms with Crippen LogP contribution >= 0.6 is 0 Å². The second-order valence-corrected chi connectivity index (χ2v) is 11.6. The first-order valence-corrected chi connectivity index (χ1v) is 17.3. The molecule has 0 aliphatic carbocycles. The van der Waals surface area contributed by atoms with Crippen molar-refractivity contribution in [1.82, 2.24) is 5.32 Å². The van der Waals surface area contributed by atoms with E-state index in [0.29, 0.717) is 5.92 Å². The highest BCUT2D eigenvalue weighted by atomic mass is 16.7. The number of ether oxygens (including phenoxy) is 2. The van der Waals surface area contributed by atoms with E-state index in [-0.39, 0.29) is 6.29 Å². The third kappa shape index (κ3) is 24.6. The molecule has 0 aromatic rings. The monoisotopic (exact) mass is 546 g/mol. The lowest BCUT2D eigenvalue weighted by Gasteiger charge is -2.30. The molecule has 2 atom stereocenters. The summed E-state index contributed by atoms with van der Waals surface area (Å²) in [6.45, 7) is 8.36. The Balaban J connectivity index is 2.01. The van der Waals surface area contributed by atoms with Crippen molar-refractivity contribution < 1.29 is 9.47 Å². The van der Waals surface area contributed by atoms with Gasteiger partial charge in [-0.25, -0.2) is 0 Å². The van der Waals surface area contributed by atoms with E-state index in [1.807, 2.05) is 0 Å². The Morgan fingerprint density at radius 3 is 1.64 bits per heavy atom. The molecule has 228 valence electrons. The molecule has 0 aromatic heterocycles. The second-order valence-electron chi connectivity index (χ2n) is 11.6. The molecular weight excluding hydrogens is 478 g/mol. The molecule has 1 heterocycles. The van der Waals surface area contributed by atoms with Crippen LogP contribution in [-0.2, 0) is 9.47 Å². The summed E-state index contributed by atoms with van der Waals surface area (Å²) in [7, 11) is 0. The topological polar surface area (TPSA) is 30.5 Å². The van der Waals surface area contributed by atoms with Crippen LogP contribution in [0.4, 0.5) is 0 Å². The van der Waals surface area contributed by atoms with Crippen LogP contribution in [0.2, 0.25) is 0 Å². The summed E-state index contributed by atoms with van der Waals surface area (Å²) in [4.78, 5) is 0. The van der Waals surface area contributed by atoms with Crippen molar-refractivity contribution in [2.24, 2.45) is 5.92 Å². The van der Waals surface area contributed by atoms with Crippen molar-refractivity contribution in [2.45, 2.75) is 161 Å². The molecule has 1 aliphatic rings. The fraction of sp³-hybridized carbons (Fsp3) is 0.833. The first-order valence-electron chi connectivity index (χ1n) is 17.3. The largest absolute Gasteiger partial charge is 0.352 e. The van der Waals surface area contributed by atoms with Gasteiger partial charge in [0.05, 0.1) is 0 Å². The molecule has 1 saturated heterocycles. The lowest BCUT2D eigenvalue weighted by Crippen LogP contribution is -2.39. The SMILES string of the molecule is CC/C=C\CCCCCCCCOC(OCCCCCCCC/C=C\C/C=C\CCCCC)C1CCCNC1. The van der Waals surface area contributed by atoms with Gasteiger partial charge in [-0.1, -0.05) is 115 Å². The molecule has 1 N–H and O–H groups in total. The zero-order chi connectivity index (χ0) is 27.9. The van der Waals surface area contributed by atoms with E-state index < -0.39 is 0 Å². The average molecular weight is 546 g/mol. The first kappa shape index (κ1) is 36.1. The van der Waals surface area contributed by atoms with Crippen LogP contribution in [-0.4, -0.2) is 32.6 Å². The van der Waals surface area contributed by atoms with E-state index in [1.54, 1.807) is 0 Å². The molecule has 2 unspecified atom stereocenters. The maximum atomic E-state index is 6.31. The van der Waals surface area contributed by atoms with Crippen LogP contribution in [0.3, 0.4) is 0 Å². The van der Waals surface area contributed by atoms with Gasteiger partial charge in [-0.05, 0) is 83.6 Å². The zero-order valence-corrected chi connectivity index (χ0v) is 26.3. The van der Waals surface area contributed by atoms with Gasteiger partial charge < -0.3 is 14.8 Å². The summed E-state index contributed by atoms with van der Waals surface area (Å²) in [5, 5.41) is 3.54. The van der Waals surface area contributed by atoms with E-state index in [0.717, 1.165) is 45.6 Å². The van der Waals surface area contributed by atoms with E-state index in [9.17, 15) is 0 Å². The van der Waals surface area contributed by atoms with Gasteiger partial charge >= 0.3 is 0 Å². The van der Waals surface area contributed by atoms with Gasteiger partial charge in [0.15, 0.2) is 6.29 Å². The van der Waals surface area contributed by atoms with Crippen LogP contribution in [0, 0.1) is 5.92 Å². The Bertz CT molecular complexity index is 564. The van der Waals surface area contributed by atoms with Crippen LogP contribution in [0.15, 0.2) is 36.5 Å². The van der Waals surface area contributed by atoms with Crippen molar-refractivity contribution in [1.29, 1.82) is 0 Å². The first-order chi connectivity index (χ1) is 19.4. The standard InChI is InChI=1S/C36H67NO2/c1-3-5-7-9-11-13-15-16-17-18-19-20-22-24-26-28-33-39-36(35-30-29-31-37-34-35)38-32-27-25-23-21-14-12-10-8-6-4-2/h6,8,11,13,16-17,35-37H,3-5,7,9-10,12,14-15,18-34H2,1-2H3/b8-6-,13-11-,17-16-. The molecule has 0 bridgehead atoms. The van der Waals surface area contributed by atoms with Gasteiger partial charge in [-0.3, -0.25) is 0 Å². The smallest absolute Gasteiger partial charge is 0.161 e. The van der Waals surface area contributed by atoms with Gasteiger partial charge in [0.1, 0.15) is 0 Å². The van der Waals surface area contributed by atoms with Gasteiger partial charge in [-0.2, -0.15) is 0 Å². The summed E-state index contributed by atoms with van der Waals surface area (Å²) < 4.78 is 12.6. The van der Waals surface area contributed by atoms with E-state index >= 15 is 0 Å². The molecule has 3 nitrogen and oxygen atoms in total. The van der Waals surface area contributed by atoms with E-state index in [1.165, 1.54) is 122 Å². The van der Waals surface area contributed by atoms with Crippen molar-refractivity contribution in [2.75, 3.05) is 26.3 Å². The molecule has 0 aromatic carbocycles. The highest BCUT2D eigenvalue weighted by Crippen LogP contribution is 2.20. The number of hydrogen-bond acceptors (Lipinski definition) is 3. The number of nitrogens with one attached hydrogen (secondary N) is 1. The quantitative estimate of drug-likeness (QED) is 0.0602. The molecule has 1 fully saturated rings. The summed E-state index contributed by atoms with van der Waals surface area (Å²) in [5.74, 6) is 0.513. The fourth-order valence-electron chi connectivity index (χ4n) is 5.28. The minimum absolute atomic E-state index is 0.0128. The minimum Gasteiger partial charge on any atom is -0.352 e. The molecule has 39 heavy (non-hydrogen) atoms. The van der Waals surface area contributed by atoms with Crippen LogP contribution in [0.5, 0.6) is 0 Å². The Labute approximate surface area is 244 Å². The molecule has 1 aliphatic heterocycles. The summed E-state index contributed by atoms with van der Waals surface area (Å²) in [6, 6.07) is 0. The number of hydrogen-bond donors (Lipinski definition) is 1. The highest BCUT2D eigenvalue weighted by Gasteiger charge is 2.24. The van der Waals surface area contributed by atoms with Gasteiger partial charge in [0.25, 0.3) is 0 Å². The number of allylic oxidation sites excluding steroid dienone is 6. The Hall–Kier alpha value is -0.900. The Morgan fingerprint density at radius 1 is 0.615 bits per heavy atom. The maximum Gasteiger partial charge on any atom is 0.161 e. The second kappa shape index (κ2) is 30.1. The minimum atomic E-state index is -0.0128. The normalized spacial score (nSPS) is 17.2. The highest BCUT2D eigenvalue weighted by molar-refractivity contribution is 4.92. The summed E-state index contributed by atoms with van der Waals surface area (Å²) >= 11 is 0. The number of rotatable bonds is 28. The molecule has 0 radical (unpaired) electrons. The number of piperidine rings is 1. The summed E-state index contributed by atoms with van der Waals surface area (Å²) in [6.07, 6.45) is 42.1. The van der Waals surface area contributed by atoms with Crippen LogP contribution in [0.1, 0.15) is 155 Å². The van der Waals surface area contributed by atoms with Crippen LogP contribution in [0.25, 0.3) is 0 Å². The zero-order valence-electron chi connectivity index (χ0n) is 26.3. The molecule has 0 spiro atoms. The van der Waals surface area contributed by atoms with Crippen molar-refractivity contribution in [3.63, 3.8) is 0 Å². The predicted octanol–water partition coefficient (Wildman–Crippen LogP) is 10.9. The molecule has 0 amide bonds. The van der Waals surface area contributed by atoms with Gasteiger partial charge in [0.2, 0.25) is 0 Å². The lowest BCUT2D eigenvalue weighted by molar-refractivity contribution is -0.176. The van der Waals surface area contributed by atoms with Gasteiger partial charge in [0, 0.05) is 25.7 Å². The van der Waals surface area contributed by atoms with Crippen LogP contribution < -0.4 is 5.32 Å². The Kier molecular flexibility index (Phi) is 27.9. The number of unbranched alkanes of at least 4 members (excludes halogenated alkanes) is 15. The third-order valence-corrected chi connectivity index (χ3v) is 7.80. The third-order valence-electron chi connectivity index (χ3n) is 7.80.